The van der Waals surface area contributed by atoms with E-state index in [1.54, 1.807) is 11.1 Å². The largest absolute Gasteiger partial charge is 0.288 e. The fourth-order valence-corrected chi connectivity index (χ4v) is 4.82. The van der Waals surface area contributed by atoms with Gasteiger partial charge in [0.25, 0.3) is 0 Å². The number of hydrogen-bond donors (Lipinski definition) is 0. The van der Waals surface area contributed by atoms with Gasteiger partial charge in [-0.2, -0.15) is 0 Å². The van der Waals surface area contributed by atoms with Crippen molar-refractivity contribution in [2.75, 3.05) is 0 Å². The molecule has 2 aromatic carbocycles. The van der Waals surface area contributed by atoms with E-state index < -0.39 is 0 Å². The number of hydrogen-bond acceptors (Lipinski definition) is 1. The molecule has 130 valence electrons. The molecule has 0 bridgehead atoms. The van der Waals surface area contributed by atoms with Gasteiger partial charge < -0.3 is 0 Å². The van der Waals surface area contributed by atoms with Crippen LogP contribution in [-0.2, 0) is 19.3 Å². The minimum absolute atomic E-state index is 0.340. The lowest BCUT2D eigenvalue weighted by Crippen LogP contribution is -2.28. The normalized spacial score (nSPS) is 23.3. The number of nitrogens with zero attached hydrogens (tertiary/aromatic N) is 1. The van der Waals surface area contributed by atoms with Gasteiger partial charge in [-0.3, -0.25) is 4.99 Å². The summed E-state index contributed by atoms with van der Waals surface area (Å²) in [4.78, 5) is 4.96. The Morgan fingerprint density at radius 3 is 2.60 bits per heavy atom. The van der Waals surface area contributed by atoms with Crippen LogP contribution in [0.2, 0.25) is 0 Å². The fourth-order valence-electron chi connectivity index (χ4n) is 4.82. The van der Waals surface area contributed by atoms with Crippen LogP contribution in [-0.4, -0.2) is 12.3 Å². The molecule has 2 aromatic rings. The van der Waals surface area contributed by atoms with E-state index in [1.807, 2.05) is 0 Å². The highest BCUT2D eigenvalue weighted by Gasteiger charge is 2.44. The van der Waals surface area contributed by atoms with Crippen LogP contribution >= 0.6 is 0 Å². The molecule has 1 aliphatic carbocycles. The Bertz CT molecular complexity index is 785. The average molecular weight is 332 g/mol. The lowest BCUT2D eigenvalue weighted by Gasteiger charge is -2.31. The van der Waals surface area contributed by atoms with E-state index in [-0.39, 0.29) is 0 Å². The monoisotopic (exact) mass is 331 g/mol. The van der Waals surface area contributed by atoms with Crippen molar-refractivity contribution in [2.45, 2.75) is 64.8 Å². The summed E-state index contributed by atoms with van der Waals surface area (Å²) in [5.74, 6) is 0.622. The van der Waals surface area contributed by atoms with Crippen molar-refractivity contribution >= 4 is 6.21 Å². The van der Waals surface area contributed by atoms with Crippen molar-refractivity contribution in [3.05, 3.63) is 70.3 Å². The standard InChI is InChI=1S/C24H29N/c1-4-18-14-20-16-25-23-21(12-13-24(23,2)3)22(20)15-19(18)11-10-17-8-6-5-7-9-17/h5-9,14-16,21,23H,4,10-13H2,1-3H3. The highest BCUT2D eigenvalue weighted by atomic mass is 14.9. The van der Waals surface area contributed by atoms with Crippen LogP contribution in [0.25, 0.3) is 0 Å². The molecule has 0 amide bonds. The maximum absolute atomic E-state index is 4.96. The number of benzene rings is 2. The molecule has 0 N–H and O–H groups in total. The minimum Gasteiger partial charge on any atom is -0.288 e. The first kappa shape index (κ1) is 16.6. The van der Waals surface area contributed by atoms with E-state index >= 15 is 0 Å². The predicted octanol–water partition coefficient (Wildman–Crippen LogP) is 5.74. The van der Waals surface area contributed by atoms with Crippen molar-refractivity contribution in [2.24, 2.45) is 10.4 Å². The molecule has 1 nitrogen and oxygen atoms in total. The first-order valence-corrected chi connectivity index (χ1v) is 9.81. The summed E-state index contributed by atoms with van der Waals surface area (Å²) in [6.45, 7) is 7.04. The van der Waals surface area contributed by atoms with E-state index in [4.69, 9.17) is 4.99 Å². The zero-order valence-corrected chi connectivity index (χ0v) is 15.8. The quantitative estimate of drug-likeness (QED) is 0.677. The second kappa shape index (κ2) is 6.44. The Balaban J connectivity index is 1.65. The van der Waals surface area contributed by atoms with Gasteiger partial charge in [0.1, 0.15) is 0 Å². The van der Waals surface area contributed by atoms with Gasteiger partial charge in [0.2, 0.25) is 0 Å². The second-order valence-corrected chi connectivity index (χ2v) is 8.45. The van der Waals surface area contributed by atoms with E-state index in [0.717, 1.165) is 19.3 Å². The topological polar surface area (TPSA) is 12.4 Å². The molecule has 4 rings (SSSR count). The SMILES string of the molecule is CCc1cc2c(cc1CCc1ccccc1)C1CCC(C)(C)C1N=C2. The molecule has 1 saturated carbocycles. The smallest absolute Gasteiger partial charge is 0.0619 e. The third-order valence-corrected chi connectivity index (χ3v) is 6.37. The van der Waals surface area contributed by atoms with Gasteiger partial charge in [0.15, 0.2) is 0 Å². The molecule has 25 heavy (non-hydrogen) atoms. The van der Waals surface area contributed by atoms with Crippen molar-refractivity contribution in [1.82, 2.24) is 0 Å². The van der Waals surface area contributed by atoms with Crippen LogP contribution in [0.1, 0.15) is 67.3 Å². The molecule has 0 radical (unpaired) electrons. The van der Waals surface area contributed by atoms with Gasteiger partial charge in [-0.1, -0.05) is 57.2 Å². The molecule has 1 heterocycles. The van der Waals surface area contributed by atoms with E-state index in [2.05, 4.69) is 69.5 Å². The summed E-state index contributed by atoms with van der Waals surface area (Å²) >= 11 is 0. The van der Waals surface area contributed by atoms with Crippen LogP contribution < -0.4 is 0 Å². The van der Waals surface area contributed by atoms with Crippen LogP contribution in [0, 0.1) is 5.41 Å². The highest BCUT2D eigenvalue weighted by Crippen LogP contribution is 2.50. The van der Waals surface area contributed by atoms with Crippen molar-refractivity contribution < 1.29 is 0 Å². The second-order valence-electron chi connectivity index (χ2n) is 8.45. The molecule has 2 unspecified atom stereocenters. The number of aryl methyl sites for hydroxylation is 3. The molecule has 2 aliphatic rings. The molecule has 2 atom stereocenters. The van der Waals surface area contributed by atoms with Crippen molar-refractivity contribution in [3.8, 4) is 0 Å². The molecular formula is C24H29N. The lowest BCUT2D eigenvalue weighted by atomic mass is 9.79. The van der Waals surface area contributed by atoms with Crippen LogP contribution in [0.5, 0.6) is 0 Å². The number of fused-ring (bicyclic) bond motifs is 3. The zero-order chi connectivity index (χ0) is 17.4. The third-order valence-electron chi connectivity index (χ3n) is 6.37. The van der Waals surface area contributed by atoms with E-state index in [1.165, 1.54) is 29.5 Å². The summed E-state index contributed by atoms with van der Waals surface area (Å²) in [6.07, 6.45) is 8.09. The van der Waals surface area contributed by atoms with Crippen LogP contribution in [0.15, 0.2) is 47.5 Å². The summed E-state index contributed by atoms with van der Waals surface area (Å²) in [6, 6.07) is 16.3. The highest BCUT2D eigenvalue weighted by molar-refractivity contribution is 5.84. The Morgan fingerprint density at radius 1 is 1.04 bits per heavy atom. The van der Waals surface area contributed by atoms with Gasteiger partial charge in [-0.25, -0.2) is 0 Å². The van der Waals surface area contributed by atoms with E-state index in [0.29, 0.717) is 17.4 Å². The minimum atomic E-state index is 0.340. The van der Waals surface area contributed by atoms with Crippen LogP contribution in [0.4, 0.5) is 0 Å². The average Bonchev–Trinajstić information content (AvgIpc) is 2.95. The lowest BCUT2D eigenvalue weighted by molar-refractivity contribution is 0.323. The molecular weight excluding hydrogens is 302 g/mol. The van der Waals surface area contributed by atoms with Gasteiger partial charge in [-0.15, -0.1) is 0 Å². The Morgan fingerprint density at radius 2 is 1.84 bits per heavy atom. The Hall–Kier alpha value is -1.89. The molecule has 0 saturated heterocycles. The van der Waals surface area contributed by atoms with Gasteiger partial charge in [0, 0.05) is 12.1 Å². The molecule has 1 aliphatic heterocycles. The summed E-state index contributed by atoms with van der Waals surface area (Å²) in [7, 11) is 0. The molecule has 0 aromatic heterocycles. The molecule has 0 spiro atoms. The first-order chi connectivity index (χ1) is 12.1. The summed E-state index contributed by atoms with van der Waals surface area (Å²) in [5.41, 5.74) is 7.75. The summed E-state index contributed by atoms with van der Waals surface area (Å²) < 4.78 is 0. The van der Waals surface area contributed by atoms with E-state index in [9.17, 15) is 0 Å². The van der Waals surface area contributed by atoms with Gasteiger partial charge >= 0.3 is 0 Å². The number of aliphatic imine (C=N–C) groups is 1. The van der Waals surface area contributed by atoms with Gasteiger partial charge in [-0.05, 0) is 71.4 Å². The Kier molecular flexibility index (Phi) is 4.27. The van der Waals surface area contributed by atoms with Gasteiger partial charge in [0.05, 0.1) is 6.04 Å². The summed E-state index contributed by atoms with van der Waals surface area (Å²) in [5, 5.41) is 0. The van der Waals surface area contributed by atoms with Crippen LogP contribution in [0.3, 0.4) is 0 Å². The predicted molar refractivity (Wildman–Crippen MR) is 107 cm³/mol. The number of rotatable bonds is 4. The third kappa shape index (κ3) is 3.05. The molecule has 1 fully saturated rings. The zero-order valence-electron chi connectivity index (χ0n) is 15.8. The van der Waals surface area contributed by atoms with Crippen molar-refractivity contribution in [1.29, 1.82) is 0 Å². The maximum atomic E-state index is 4.96. The fraction of sp³-hybridized carbons (Fsp3) is 0.458. The van der Waals surface area contributed by atoms with Crippen molar-refractivity contribution in [3.63, 3.8) is 0 Å². The Labute approximate surface area is 152 Å². The first-order valence-electron chi connectivity index (χ1n) is 9.81. The molecule has 1 heteroatoms. The maximum Gasteiger partial charge on any atom is 0.0619 e.